The highest BCUT2D eigenvalue weighted by Crippen LogP contribution is 2.25. The summed E-state index contributed by atoms with van der Waals surface area (Å²) in [4.78, 5) is 12.2. The Kier molecular flexibility index (Phi) is 7.85. The summed E-state index contributed by atoms with van der Waals surface area (Å²) in [5, 5.41) is 6.33. The van der Waals surface area contributed by atoms with Gasteiger partial charge in [-0.25, -0.2) is 0 Å². The van der Waals surface area contributed by atoms with Crippen LogP contribution in [0.5, 0.6) is 0 Å². The molecule has 2 aliphatic rings. The van der Waals surface area contributed by atoms with Crippen LogP contribution in [0.25, 0.3) is 0 Å². The van der Waals surface area contributed by atoms with Crippen LogP contribution in [0.15, 0.2) is 0 Å². The van der Waals surface area contributed by atoms with Crippen molar-refractivity contribution < 1.29 is 9.53 Å². The van der Waals surface area contributed by atoms with Crippen LogP contribution in [0.2, 0.25) is 0 Å². The van der Waals surface area contributed by atoms with Gasteiger partial charge in [0.2, 0.25) is 5.91 Å². The van der Waals surface area contributed by atoms with Gasteiger partial charge in [0.05, 0.1) is 18.1 Å². The molecular formula is C15H29ClN2O2. The second kappa shape index (κ2) is 8.85. The van der Waals surface area contributed by atoms with E-state index in [4.69, 9.17) is 4.74 Å². The molecule has 0 aromatic rings. The Hall–Kier alpha value is -0.320. The summed E-state index contributed by atoms with van der Waals surface area (Å²) >= 11 is 0. The molecule has 2 rings (SSSR count). The smallest absolute Gasteiger partial charge is 0.227 e. The molecule has 1 atom stereocenters. The lowest BCUT2D eigenvalue weighted by molar-refractivity contribution is -0.131. The minimum absolute atomic E-state index is 0. The van der Waals surface area contributed by atoms with Crippen molar-refractivity contribution in [3.8, 4) is 0 Å². The van der Waals surface area contributed by atoms with Crippen LogP contribution >= 0.6 is 12.4 Å². The average Bonchev–Trinajstić information content (AvgIpc) is 2.45. The van der Waals surface area contributed by atoms with Crippen LogP contribution in [-0.2, 0) is 9.53 Å². The van der Waals surface area contributed by atoms with Crippen LogP contribution in [0, 0.1) is 5.41 Å². The molecule has 1 amide bonds. The molecule has 1 aliphatic heterocycles. The van der Waals surface area contributed by atoms with Gasteiger partial charge in [-0.1, -0.05) is 19.3 Å². The van der Waals surface area contributed by atoms with Crippen LogP contribution in [0.1, 0.15) is 51.9 Å². The van der Waals surface area contributed by atoms with Crippen molar-refractivity contribution in [1.82, 2.24) is 10.6 Å². The number of hydrogen-bond donors (Lipinski definition) is 2. The molecule has 0 radical (unpaired) electrons. The van der Waals surface area contributed by atoms with Crippen molar-refractivity contribution >= 4 is 18.3 Å². The van der Waals surface area contributed by atoms with Gasteiger partial charge in [0.25, 0.3) is 0 Å². The standard InChI is InChI=1S/C15H28N2O2.ClH/c1-15(8-5-9-16-12-15)14(18)17-10-11-19-13-6-3-2-4-7-13;/h13,16H,2-12H2,1H3,(H,17,18);1H. The predicted octanol–water partition coefficient (Wildman–Crippen LogP) is 2.26. The molecule has 20 heavy (non-hydrogen) atoms. The zero-order valence-electron chi connectivity index (χ0n) is 12.6. The van der Waals surface area contributed by atoms with Gasteiger partial charge in [-0.05, 0) is 39.2 Å². The molecule has 1 unspecified atom stereocenters. The first-order valence-electron chi connectivity index (χ1n) is 7.81. The second-order valence-electron chi connectivity index (χ2n) is 6.23. The molecule has 2 N–H and O–H groups in total. The molecule has 5 heteroatoms. The summed E-state index contributed by atoms with van der Waals surface area (Å²) in [6, 6.07) is 0. The number of amides is 1. The third kappa shape index (κ3) is 5.23. The summed E-state index contributed by atoms with van der Waals surface area (Å²) in [6.45, 7) is 5.18. The zero-order valence-corrected chi connectivity index (χ0v) is 13.4. The first-order chi connectivity index (χ1) is 9.21. The average molecular weight is 305 g/mol. The van der Waals surface area contributed by atoms with E-state index < -0.39 is 0 Å². The number of carbonyl (C=O) groups is 1. The van der Waals surface area contributed by atoms with Crippen molar-refractivity contribution in [3.05, 3.63) is 0 Å². The lowest BCUT2D eigenvalue weighted by Crippen LogP contribution is -2.49. The topological polar surface area (TPSA) is 50.4 Å². The molecule has 118 valence electrons. The van der Waals surface area contributed by atoms with Gasteiger partial charge in [0.1, 0.15) is 0 Å². The van der Waals surface area contributed by atoms with Gasteiger partial charge in [-0.3, -0.25) is 4.79 Å². The Morgan fingerprint density at radius 1 is 1.30 bits per heavy atom. The number of piperidine rings is 1. The molecule has 1 heterocycles. The van der Waals surface area contributed by atoms with Gasteiger partial charge >= 0.3 is 0 Å². The van der Waals surface area contributed by atoms with Crippen molar-refractivity contribution in [2.24, 2.45) is 5.41 Å². The Bertz CT molecular complexity index is 288. The van der Waals surface area contributed by atoms with Gasteiger partial charge < -0.3 is 15.4 Å². The van der Waals surface area contributed by atoms with Crippen molar-refractivity contribution in [2.45, 2.75) is 58.0 Å². The summed E-state index contributed by atoms with van der Waals surface area (Å²) in [7, 11) is 0. The first-order valence-corrected chi connectivity index (χ1v) is 7.81. The van der Waals surface area contributed by atoms with Crippen LogP contribution in [0.4, 0.5) is 0 Å². The van der Waals surface area contributed by atoms with E-state index in [-0.39, 0.29) is 23.7 Å². The van der Waals surface area contributed by atoms with E-state index in [0.717, 1.165) is 25.9 Å². The van der Waals surface area contributed by atoms with E-state index in [9.17, 15) is 4.79 Å². The third-order valence-corrected chi connectivity index (χ3v) is 4.44. The molecule has 0 aromatic carbocycles. The largest absolute Gasteiger partial charge is 0.376 e. The maximum Gasteiger partial charge on any atom is 0.227 e. The van der Waals surface area contributed by atoms with E-state index in [1.54, 1.807) is 0 Å². The minimum atomic E-state index is -0.233. The normalized spacial score (nSPS) is 27.6. The third-order valence-electron chi connectivity index (χ3n) is 4.44. The highest BCUT2D eigenvalue weighted by molar-refractivity contribution is 5.85. The maximum absolute atomic E-state index is 12.2. The van der Waals surface area contributed by atoms with E-state index >= 15 is 0 Å². The summed E-state index contributed by atoms with van der Waals surface area (Å²) in [5.41, 5.74) is -0.233. The first kappa shape index (κ1) is 17.7. The second-order valence-corrected chi connectivity index (χ2v) is 6.23. The van der Waals surface area contributed by atoms with Gasteiger partial charge in [-0.2, -0.15) is 0 Å². The van der Waals surface area contributed by atoms with Gasteiger partial charge in [0, 0.05) is 13.1 Å². The van der Waals surface area contributed by atoms with Crippen LogP contribution < -0.4 is 10.6 Å². The maximum atomic E-state index is 12.2. The fourth-order valence-electron chi connectivity index (χ4n) is 3.09. The lowest BCUT2D eigenvalue weighted by atomic mass is 9.82. The fourth-order valence-corrected chi connectivity index (χ4v) is 3.09. The van der Waals surface area contributed by atoms with Crippen LogP contribution in [-0.4, -0.2) is 38.3 Å². The Morgan fingerprint density at radius 2 is 2.05 bits per heavy atom. The molecule has 0 spiro atoms. The molecule has 0 aromatic heterocycles. The van der Waals surface area contributed by atoms with Gasteiger partial charge in [0.15, 0.2) is 0 Å². The van der Waals surface area contributed by atoms with E-state index in [1.807, 2.05) is 0 Å². The molecule has 1 aliphatic carbocycles. The highest BCUT2D eigenvalue weighted by Gasteiger charge is 2.34. The van der Waals surface area contributed by atoms with Crippen molar-refractivity contribution in [3.63, 3.8) is 0 Å². The number of ether oxygens (including phenoxy) is 1. The van der Waals surface area contributed by atoms with Crippen molar-refractivity contribution in [1.29, 1.82) is 0 Å². The lowest BCUT2D eigenvalue weighted by Gasteiger charge is -2.32. The Morgan fingerprint density at radius 3 is 2.70 bits per heavy atom. The summed E-state index contributed by atoms with van der Waals surface area (Å²) < 4.78 is 5.82. The monoisotopic (exact) mass is 304 g/mol. The highest BCUT2D eigenvalue weighted by atomic mass is 35.5. The zero-order chi connectivity index (χ0) is 13.6. The molecule has 0 bridgehead atoms. The molecule has 2 fully saturated rings. The van der Waals surface area contributed by atoms with Crippen molar-refractivity contribution in [2.75, 3.05) is 26.2 Å². The predicted molar refractivity (Wildman–Crippen MR) is 83.3 cm³/mol. The summed E-state index contributed by atoms with van der Waals surface area (Å²) in [5.74, 6) is 0.173. The number of halogens is 1. The SMILES string of the molecule is CC1(C(=O)NCCOC2CCCCC2)CCCNC1.Cl. The molecular weight excluding hydrogens is 276 g/mol. The van der Waals surface area contributed by atoms with Gasteiger partial charge in [-0.15, -0.1) is 12.4 Å². The molecule has 1 saturated heterocycles. The fraction of sp³-hybridized carbons (Fsp3) is 0.933. The molecule has 1 saturated carbocycles. The van der Waals surface area contributed by atoms with E-state index in [2.05, 4.69) is 17.6 Å². The Balaban J connectivity index is 0.00000200. The minimum Gasteiger partial charge on any atom is -0.376 e. The quantitative estimate of drug-likeness (QED) is 0.766. The number of hydrogen-bond acceptors (Lipinski definition) is 3. The number of nitrogens with one attached hydrogen (secondary N) is 2. The van der Waals surface area contributed by atoms with Crippen LogP contribution in [0.3, 0.4) is 0 Å². The summed E-state index contributed by atoms with van der Waals surface area (Å²) in [6.07, 6.45) is 8.81. The van der Waals surface area contributed by atoms with E-state index in [1.165, 1.54) is 32.1 Å². The molecule has 4 nitrogen and oxygen atoms in total. The number of rotatable bonds is 5. The number of carbonyl (C=O) groups excluding carboxylic acids is 1. The Labute approximate surface area is 128 Å². The van der Waals surface area contributed by atoms with E-state index in [0.29, 0.717) is 19.3 Å².